The second-order valence-electron chi connectivity index (χ2n) is 11.6. The molecule has 0 fully saturated rings. The summed E-state index contributed by atoms with van der Waals surface area (Å²) in [6.45, 7) is 5.34. The fourth-order valence-electron chi connectivity index (χ4n) is 4.06. The Kier molecular flexibility index (Phi) is 24.0. The van der Waals surface area contributed by atoms with E-state index >= 15 is 0 Å². The Balaban J connectivity index is 3.85. The summed E-state index contributed by atoms with van der Waals surface area (Å²) in [5, 5.41) is 2.86. The first-order valence-electron chi connectivity index (χ1n) is 15.4. The minimum Gasteiger partial charge on any atom is -0.756 e. The normalized spacial score (nSPS) is 14.4. The quantitative estimate of drug-likeness (QED) is 0.0674. The molecule has 8 nitrogen and oxygen atoms in total. The fourth-order valence-corrected chi connectivity index (χ4v) is 4.79. The number of nitrogens with zero attached hydrogens (tertiary/aromatic N) is 1. The van der Waals surface area contributed by atoms with Gasteiger partial charge < -0.3 is 28.5 Å². The molecule has 9 heteroatoms. The van der Waals surface area contributed by atoms with Crippen molar-refractivity contribution in [2.75, 3.05) is 54.1 Å². The van der Waals surface area contributed by atoms with Gasteiger partial charge in [-0.05, 0) is 12.8 Å². The van der Waals surface area contributed by atoms with Gasteiger partial charge in [-0.2, -0.15) is 0 Å². The molecular weight excluding hydrogens is 503 g/mol. The van der Waals surface area contributed by atoms with E-state index in [1.807, 2.05) is 28.1 Å². The number of hydrogen-bond donors (Lipinski definition) is 1. The summed E-state index contributed by atoms with van der Waals surface area (Å²) in [6, 6.07) is 0. The van der Waals surface area contributed by atoms with Gasteiger partial charge >= 0.3 is 0 Å². The number of phosphoric ester groups is 1. The number of phosphoric acid groups is 1. The summed E-state index contributed by atoms with van der Waals surface area (Å²) in [6.07, 6.45) is 20.1. The highest BCUT2D eigenvalue weighted by Crippen LogP contribution is 2.38. The number of unbranched alkanes of at least 4 members (excludes halogenated alkanes) is 14. The van der Waals surface area contributed by atoms with Crippen molar-refractivity contribution < 1.29 is 32.5 Å². The van der Waals surface area contributed by atoms with Crippen molar-refractivity contribution in [3.05, 3.63) is 0 Å². The number of nitrogens with one attached hydrogen (secondary N) is 1. The third-order valence-corrected chi connectivity index (χ3v) is 7.49. The molecule has 0 rings (SSSR count). The number of hydrogen-bond acceptors (Lipinski definition) is 6. The Morgan fingerprint density at radius 1 is 0.763 bits per heavy atom. The molecule has 2 unspecified atom stereocenters. The van der Waals surface area contributed by atoms with Crippen LogP contribution in [0.15, 0.2) is 0 Å². The van der Waals surface area contributed by atoms with E-state index in [0.717, 1.165) is 19.3 Å². The predicted octanol–water partition coefficient (Wildman–Crippen LogP) is 6.37. The summed E-state index contributed by atoms with van der Waals surface area (Å²) in [5.41, 5.74) is 0. The van der Waals surface area contributed by atoms with E-state index in [1.54, 1.807) is 0 Å². The van der Waals surface area contributed by atoms with Gasteiger partial charge in [0.15, 0.2) is 0 Å². The molecule has 0 saturated heterocycles. The topological polar surface area (TPSA) is 96.9 Å². The maximum Gasteiger partial charge on any atom is 0.268 e. The van der Waals surface area contributed by atoms with Crippen molar-refractivity contribution in [3.8, 4) is 0 Å². The molecule has 0 aromatic rings. The van der Waals surface area contributed by atoms with Crippen LogP contribution < -0.4 is 10.2 Å². The minimum atomic E-state index is -4.41. The van der Waals surface area contributed by atoms with Crippen LogP contribution >= 0.6 is 7.82 Å². The molecule has 38 heavy (non-hydrogen) atoms. The highest BCUT2D eigenvalue weighted by atomic mass is 31.2. The molecule has 0 aliphatic carbocycles. The summed E-state index contributed by atoms with van der Waals surface area (Å²) in [7, 11) is 1.45. The van der Waals surface area contributed by atoms with Crippen molar-refractivity contribution >= 4 is 13.7 Å². The van der Waals surface area contributed by atoms with Crippen LogP contribution in [0.2, 0.25) is 0 Å². The molecule has 0 aliphatic heterocycles. The number of rotatable bonds is 28. The SMILES string of the molecule is CCCCCCCCCCCCCCCCCC(=O)NCC(COP(=O)([O-])OCC[N+](C)(C)C)OCCC. The number of likely N-dealkylation sites (N-methyl/N-ethyl adjacent to an activating group) is 1. The highest BCUT2D eigenvalue weighted by molar-refractivity contribution is 7.45. The summed E-state index contributed by atoms with van der Waals surface area (Å²) in [5.74, 6) is -0.0331. The summed E-state index contributed by atoms with van der Waals surface area (Å²) >= 11 is 0. The average Bonchev–Trinajstić information content (AvgIpc) is 2.85. The fraction of sp³-hybridized carbons (Fsp3) is 0.966. The molecule has 0 heterocycles. The lowest BCUT2D eigenvalue weighted by atomic mass is 10.0. The first kappa shape index (κ1) is 37.5. The minimum absolute atomic E-state index is 0.0331. The predicted molar refractivity (Wildman–Crippen MR) is 155 cm³/mol. The molecule has 0 spiro atoms. The van der Waals surface area contributed by atoms with E-state index < -0.39 is 13.9 Å². The van der Waals surface area contributed by atoms with Gasteiger partial charge in [-0.3, -0.25) is 9.36 Å². The summed E-state index contributed by atoms with van der Waals surface area (Å²) < 4.78 is 28.3. The van der Waals surface area contributed by atoms with E-state index in [0.29, 0.717) is 24.1 Å². The standard InChI is InChI=1S/C29H61N2O6P/c1-6-8-9-10-11-12-13-14-15-16-17-18-19-20-21-22-29(32)30-26-28(35-24-7-2)27-37-38(33,34)36-25-23-31(3,4)5/h28H,6-27H2,1-5H3,(H-,30,32,33,34). The van der Waals surface area contributed by atoms with Crippen LogP contribution in [0, 0.1) is 0 Å². The Hall–Kier alpha value is -0.500. The Morgan fingerprint density at radius 3 is 1.74 bits per heavy atom. The number of carbonyl (C=O) groups excluding carboxylic acids is 1. The van der Waals surface area contributed by atoms with Crippen LogP contribution in [0.4, 0.5) is 0 Å². The number of carbonyl (C=O) groups is 1. The van der Waals surface area contributed by atoms with Gasteiger partial charge in [-0.1, -0.05) is 104 Å². The Labute approximate surface area is 234 Å². The second kappa shape index (κ2) is 24.3. The Bertz CT molecular complexity index is 600. The molecule has 0 radical (unpaired) electrons. The van der Waals surface area contributed by atoms with Crippen LogP contribution in [0.5, 0.6) is 0 Å². The van der Waals surface area contributed by atoms with Crippen molar-refractivity contribution in [1.82, 2.24) is 5.32 Å². The molecule has 0 bridgehead atoms. The van der Waals surface area contributed by atoms with Gasteiger partial charge in [-0.15, -0.1) is 0 Å². The lowest BCUT2D eigenvalue weighted by Crippen LogP contribution is -2.38. The monoisotopic (exact) mass is 564 g/mol. The van der Waals surface area contributed by atoms with Crippen LogP contribution in [0.3, 0.4) is 0 Å². The van der Waals surface area contributed by atoms with Gasteiger partial charge in [-0.25, -0.2) is 0 Å². The van der Waals surface area contributed by atoms with Gasteiger partial charge in [0.05, 0.1) is 33.9 Å². The zero-order valence-corrected chi connectivity index (χ0v) is 26.4. The lowest BCUT2D eigenvalue weighted by Gasteiger charge is -2.28. The van der Waals surface area contributed by atoms with Gasteiger partial charge in [0.1, 0.15) is 13.2 Å². The molecule has 0 aromatic heterocycles. The van der Waals surface area contributed by atoms with Crippen molar-refractivity contribution in [1.29, 1.82) is 0 Å². The van der Waals surface area contributed by atoms with Gasteiger partial charge in [0, 0.05) is 19.6 Å². The van der Waals surface area contributed by atoms with Crippen LogP contribution in [-0.2, 0) is 23.1 Å². The molecule has 0 saturated carbocycles. The van der Waals surface area contributed by atoms with Crippen molar-refractivity contribution in [3.63, 3.8) is 0 Å². The third-order valence-electron chi connectivity index (χ3n) is 6.52. The van der Waals surface area contributed by atoms with Crippen LogP contribution in [-0.4, -0.2) is 70.5 Å². The van der Waals surface area contributed by atoms with E-state index in [4.69, 9.17) is 13.8 Å². The maximum atomic E-state index is 12.2. The molecule has 2 atom stereocenters. The maximum absolute atomic E-state index is 12.2. The van der Waals surface area contributed by atoms with Crippen LogP contribution in [0.1, 0.15) is 123 Å². The average molecular weight is 565 g/mol. The van der Waals surface area contributed by atoms with E-state index in [-0.39, 0.29) is 25.7 Å². The van der Waals surface area contributed by atoms with Crippen molar-refractivity contribution in [2.45, 2.75) is 129 Å². The number of ether oxygens (including phenoxy) is 1. The number of quaternary nitrogens is 1. The smallest absolute Gasteiger partial charge is 0.268 e. The largest absolute Gasteiger partial charge is 0.756 e. The van der Waals surface area contributed by atoms with Crippen molar-refractivity contribution in [2.24, 2.45) is 0 Å². The lowest BCUT2D eigenvalue weighted by molar-refractivity contribution is -0.870. The van der Waals surface area contributed by atoms with E-state index in [1.165, 1.54) is 83.5 Å². The third kappa shape index (κ3) is 27.1. The molecular formula is C29H61N2O6P. The van der Waals surface area contributed by atoms with Gasteiger partial charge in [0.25, 0.3) is 7.82 Å². The highest BCUT2D eigenvalue weighted by Gasteiger charge is 2.18. The Morgan fingerprint density at radius 2 is 1.26 bits per heavy atom. The molecule has 0 aromatic carbocycles. The molecule has 228 valence electrons. The first-order chi connectivity index (χ1) is 18.1. The zero-order valence-electron chi connectivity index (χ0n) is 25.5. The number of amides is 1. The zero-order chi connectivity index (χ0) is 28.5. The second-order valence-corrected chi connectivity index (χ2v) is 13.0. The van der Waals surface area contributed by atoms with E-state index in [2.05, 4.69) is 12.2 Å². The van der Waals surface area contributed by atoms with Gasteiger partial charge in [0.2, 0.25) is 5.91 Å². The summed E-state index contributed by atoms with van der Waals surface area (Å²) in [4.78, 5) is 24.3. The molecule has 1 N–H and O–H groups in total. The molecule has 0 aliphatic rings. The van der Waals surface area contributed by atoms with Crippen LogP contribution in [0.25, 0.3) is 0 Å². The molecule has 1 amide bonds. The first-order valence-corrected chi connectivity index (χ1v) is 16.8. The van der Waals surface area contributed by atoms with E-state index in [9.17, 15) is 14.3 Å².